The van der Waals surface area contributed by atoms with E-state index in [-0.39, 0.29) is 19.1 Å². The van der Waals surface area contributed by atoms with Crippen LogP contribution in [-0.4, -0.2) is 68.5 Å². The molecule has 8 nitrogen and oxygen atoms in total. The van der Waals surface area contributed by atoms with Gasteiger partial charge in [0.25, 0.3) is 7.82 Å². The van der Waals surface area contributed by atoms with Crippen LogP contribution in [-0.2, 0) is 18.4 Å². The van der Waals surface area contributed by atoms with E-state index in [4.69, 9.17) is 9.05 Å². The van der Waals surface area contributed by atoms with E-state index < -0.39 is 20.0 Å². The van der Waals surface area contributed by atoms with Gasteiger partial charge in [-0.2, -0.15) is 0 Å². The molecule has 9 heteroatoms. The van der Waals surface area contributed by atoms with Gasteiger partial charge >= 0.3 is 0 Å². The first kappa shape index (κ1) is 52.0. The van der Waals surface area contributed by atoms with E-state index in [1.807, 2.05) is 27.2 Å². The van der Waals surface area contributed by atoms with Crippen LogP contribution in [0.25, 0.3) is 0 Å². The Morgan fingerprint density at radius 2 is 1.06 bits per heavy atom. The number of hydrogen-bond donors (Lipinski definition) is 2. The van der Waals surface area contributed by atoms with Gasteiger partial charge in [0.1, 0.15) is 13.2 Å². The van der Waals surface area contributed by atoms with Gasteiger partial charge in [-0.1, -0.05) is 179 Å². The number of quaternary nitrogens is 1. The summed E-state index contributed by atoms with van der Waals surface area (Å²) in [4.78, 5) is 25.2. The van der Waals surface area contributed by atoms with Crippen LogP contribution in [0.2, 0.25) is 0 Å². The Morgan fingerprint density at radius 1 is 0.642 bits per heavy atom. The van der Waals surface area contributed by atoms with Crippen molar-refractivity contribution < 1.29 is 32.9 Å². The highest BCUT2D eigenvalue weighted by Crippen LogP contribution is 2.38. The third-order valence-corrected chi connectivity index (χ3v) is 10.9. The highest BCUT2D eigenvalue weighted by Gasteiger charge is 2.23. The molecule has 0 aromatic heterocycles. The van der Waals surface area contributed by atoms with Crippen molar-refractivity contribution in [1.82, 2.24) is 5.32 Å². The number of unbranched alkanes of at least 4 members (excludes halogenated alkanes) is 25. The van der Waals surface area contributed by atoms with Gasteiger partial charge < -0.3 is 28.8 Å². The molecule has 0 aliphatic heterocycles. The monoisotopic (exact) mass is 771 g/mol. The first-order valence-electron chi connectivity index (χ1n) is 22.2. The first-order chi connectivity index (χ1) is 25.5. The summed E-state index contributed by atoms with van der Waals surface area (Å²) in [6, 6.07) is -0.888. The molecule has 0 aliphatic carbocycles. The average molecular weight is 771 g/mol. The topological polar surface area (TPSA) is 108 Å². The summed E-state index contributed by atoms with van der Waals surface area (Å²) in [5.41, 5.74) is 0. The molecule has 0 spiro atoms. The normalized spacial score (nSPS) is 14.6. The van der Waals surface area contributed by atoms with Gasteiger partial charge in [0.15, 0.2) is 0 Å². The molecule has 0 rings (SSSR count). The summed E-state index contributed by atoms with van der Waals surface area (Å²) in [5.74, 6) is -0.212. The molecule has 3 atom stereocenters. The summed E-state index contributed by atoms with van der Waals surface area (Å²) in [6.45, 7) is 4.59. The van der Waals surface area contributed by atoms with Crippen LogP contribution in [0.15, 0.2) is 24.3 Å². The molecule has 0 saturated heterocycles. The lowest BCUT2D eigenvalue weighted by Gasteiger charge is -2.29. The van der Waals surface area contributed by atoms with E-state index in [1.165, 1.54) is 122 Å². The fourth-order valence-corrected chi connectivity index (χ4v) is 7.03. The highest BCUT2D eigenvalue weighted by atomic mass is 31.2. The molecule has 0 heterocycles. The molecular formula is C44H87N2O6P. The number of nitrogens with zero attached hydrogens (tertiary/aromatic N) is 1. The molecule has 3 unspecified atom stereocenters. The van der Waals surface area contributed by atoms with E-state index in [0.717, 1.165) is 57.8 Å². The van der Waals surface area contributed by atoms with Crippen molar-refractivity contribution in [2.24, 2.45) is 0 Å². The molecule has 314 valence electrons. The molecule has 0 fully saturated rings. The second-order valence-corrected chi connectivity index (χ2v) is 17.8. The first-order valence-corrected chi connectivity index (χ1v) is 23.7. The molecule has 0 radical (unpaired) electrons. The Bertz CT molecular complexity index is 922. The molecule has 0 aromatic rings. The number of carbonyl (C=O) groups is 1. The minimum absolute atomic E-state index is 0.00225. The van der Waals surface area contributed by atoms with Gasteiger partial charge in [-0.15, -0.1) is 0 Å². The largest absolute Gasteiger partial charge is 0.756 e. The standard InChI is InChI=1S/C44H87N2O6P/c1-6-8-10-12-14-16-18-19-20-21-22-23-24-25-26-27-28-29-31-33-35-37-43(47)42(41-52-53(49,50)51-40-39-46(3,4)5)45-44(48)38-36-34-32-30-17-15-13-11-9-7-2/h13,15,35,37,42-43,47H,6-12,14,16-34,36,38-41H2,1-5H3,(H-,45,48,49,50)/b15-13-,37-35+. The van der Waals surface area contributed by atoms with E-state index >= 15 is 0 Å². The number of aliphatic hydroxyl groups is 1. The average Bonchev–Trinajstić information content (AvgIpc) is 3.10. The maximum absolute atomic E-state index is 12.8. The third kappa shape index (κ3) is 39.0. The lowest BCUT2D eigenvalue weighted by Crippen LogP contribution is -2.45. The number of phosphoric acid groups is 1. The molecule has 1 amide bonds. The second-order valence-electron chi connectivity index (χ2n) is 16.4. The molecule has 2 N–H and O–H groups in total. The number of aliphatic hydroxyl groups excluding tert-OH is 1. The fraction of sp³-hybridized carbons (Fsp3) is 0.886. The lowest BCUT2D eigenvalue weighted by atomic mass is 10.0. The zero-order valence-corrected chi connectivity index (χ0v) is 36.4. The molecule has 53 heavy (non-hydrogen) atoms. The number of rotatable bonds is 40. The number of phosphoric ester groups is 1. The van der Waals surface area contributed by atoms with Gasteiger partial charge in [-0.25, -0.2) is 0 Å². The van der Waals surface area contributed by atoms with Gasteiger partial charge in [0, 0.05) is 6.42 Å². The minimum atomic E-state index is -4.58. The van der Waals surface area contributed by atoms with E-state index in [2.05, 4.69) is 31.3 Å². The third-order valence-electron chi connectivity index (χ3n) is 9.91. The van der Waals surface area contributed by atoms with Gasteiger partial charge in [0.05, 0.1) is 39.9 Å². The SMILES string of the molecule is CCCC/C=C\CCCCCCC(=O)NC(COP(=O)([O-])OCC[N+](C)(C)C)C(O)/C=C/CCCCCCCCCCCCCCCCCCCCC. The zero-order chi connectivity index (χ0) is 39.3. The molecule has 0 saturated carbocycles. The van der Waals surface area contributed by atoms with Crippen molar-refractivity contribution in [3.63, 3.8) is 0 Å². The summed E-state index contributed by atoms with van der Waals surface area (Å²) in [7, 11) is 1.25. The van der Waals surface area contributed by atoms with Crippen molar-refractivity contribution in [3.05, 3.63) is 24.3 Å². The predicted molar refractivity (Wildman–Crippen MR) is 224 cm³/mol. The Morgan fingerprint density at radius 3 is 1.53 bits per heavy atom. The number of allylic oxidation sites excluding steroid dienone is 3. The second kappa shape index (κ2) is 36.6. The van der Waals surface area contributed by atoms with Gasteiger partial charge in [0.2, 0.25) is 5.91 Å². The van der Waals surface area contributed by atoms with Gasteiger partial charge in [-0.05, 0) is 38.5 Å². The Hall–Kier alpha value is -1.02. The minimum Gasteiger partial charge on any atom is -0.756 e. The predicted octanol–water partition coefficient (Wildman–Crippen LogP) is 11.5. The number of likely N-dealkylation sites (N-methyl/N-ethyl adjacent to an activating group) is 1. The summed E-state index contributed by atoms with van der Waals surface area (Å²) in [6.07, 6.45) is 42.3. The lowest BCUT2D eigenvalue weighted by molar-refractivity contribution is -0.870. The van der Waals surface area contributed by atoms with Crippen LogP contribution in [0.1, 0.15) is 200 Å². The number of carbonyl (C=O) groups excluding carboxylic acids is 1. The van der Waals surface area contributed by atoms with Crippen molar-refractivity contribution in [3.8, 4) is 0 Å². The fourth-order valence-electron chi connectivity index (χ4n) is 6.31. The summed E-state index contributed by atoms with van der Waals surface area (Å²) >= 11 is 0. The Balaban J connectivity index is 4.33. The van der Waals surface area contributed by atoms with Crippen LogP contribution in [0.3, 0.4) is 0 Å². The van der Waals surface area contributed by atoms with Crippen molar-refractivity contribution in [2.75, 3.05) is 40.9 Å². The molecular weight excluding hydrogens is 683 g/mol. The van der Waals surface area contributed by atoms with Crippen LogP contribution in [0, 0.1) is 0 Å². The maximum Gasteiger partial charge on any atom is 0.268 e. The molecule has 0 bridgehead atoms. The van der Waals surface area contributed by atoms with Crippen molar-refractivity contribution in [1.29, 1.82) is 0 Å². The Labute approximate surface area is 328 Å². The number of nitrogens with one attached hydrogen (secondary N) is 1. The maximum atomic E-state index is 12.8. The van der Waals surface area contributed by atoms with Crippen molar-refractivity contribution in [2.45, 2.75) is 212 Å². The number of hydrogen-bond acceptors (Lipinski definition) is 6. The molecule has 0 aliphatic rings. The molecule has 0 aromatic carbocycles. The van der Waals surface area contributed by atoms with Crippen LogP contribution in [0.4, 0.5) is 0 Å². The van der Waals surface area contributed by atoms with E-state index in [0.29, 0.717) is 17.4 Å². The zero-order valence-electron chi connectivity index (χ0n) is 35.5. The van der Waals surface area contributed by atoms with Crippen LogP contribution >= 0.6 is 7.82 Å². The highest BCUT2D eigenvalue weighted by molar-refractivity contribution is 7.45. The van der Waals surface area contributed by atoms with E-state index in [9.17, 15) is 19.4 Å². The van der Waals surface area contributed by atoms with Gasteiger partial charge in [-0.3, -0.25) is 9.36 Å². The smallest absolute Gasteiger partial charge is 0.268 e. The van der Waals surface area contributed by atoms with Crippen LogP contribution in [0.5, 0.6) is 0 Å². The summed E-state index contributed by atoms with van der Waals surface area (Å²) in [5, 5.41) is 13.7. The van der Waals surface area contributed by atoms with Crippen LogP contribution < -0.4 is 10.2 Å². The quantitative estimate of drug-likeness (QED) is 0.0278. The Kier molecular flexibility index (Phi) is 35.9. The van der Waals surface area contributed by atoms with Crippen molar-refractivity contribution >= 4 is 13.7 Å². The number of amides is 1. The van der Waals surface area contributed by atoms with E-state index in [1.54, 1.807) is 6.08 Å². The summed E-state index contributed by atoms with van der Waals surface area (Å²) < 4.78 is 23.1.